The highest BCUT2D eigenvalue weighted by molar-refractivity contribution is 7.99. The predicted molar refractivity (Wildman–Crippen MR) is 126 cm³/mol. The maximum absolute atomic E-state index is 11.9. The largest absolute Gasteiger partial charge is 0.396 e. The molecule has 0 saturated carbocycles. The first-order chi connectivity index (χ1) is 15.0. The van der Waals surface area contributed by atoms with E-state index in [1.807, 2.05) is 11.8 Å². The maximum Gasteiger partial charge on any atom is 0.319 e. The van der Waals surface area contributed by atoms with Crippen LogP contribution in [0.15, 0.2) is 24.3 Å². The zero-order valence-corrected chi connectivity index (χ0v) is 19.0. The molecule has 9 nitrogen and oxygen atoms in total. The number of amides is 4. The number of unbranched alkanes of at least 4 members (excludes halogenated alkanes) is 3. The lowest BCUT2D eigenvalue weighted by Gasteiger charge is -2.11. The van der Waals surface area contributed by atoms with Gasteiger partial charge in [-0.25, -0.2) is 4.79 Å². The fourth-order valence-corrected chi connectivity index (χ4v) is 3.34. The molecule has 0 aliphatic rings. The lowest BCUT2D eigenvalue weighted by Crippen LogP contribution is -2.35. The van der Waals surface area contributed by atoms with Crippen molar-refractivity contribution in [1.82, 2.24) is 16.1 Å². The molecule has 1 aromatic rings. The molecule has 0 aromatic heterocycles. The molecule has 0 aliphatic heterocycles. The third kappa shape index (κ3) is 14.2. The van der Waals surface area contributed by atoms with Gasteiger partial charge in [-0.1, -0.05) is 26.2 Å². The summed E-state index contributed by atoms with van der Waals surface area (Å²) in [7, 11) is 0. The maximum atomic E-state index is 11.9. The lowest BCUT2D eigenvalue weighted by molar-refractivity contribution is -0.129. The number of nitrogens with one attached hydrogen (secondary N) is 5. The minimum absolute atomic E-state index is 0.0151. The van der Waals surface area contributed by atoms with Gasteiger partial charge in [-0.15, -0.1) is 0 Å². The molecular formula is C21H35N5O4S. The molecular weight excluding hydrogens is 418 g/mol. The molecule has 1 rings (SSSR count). The van der Waals surface area contributed by atoms with Crippen molar-refractivity contribution in [3.05, 3.63) is 24.3 Å². The number of benzene rings is 1. The third-order valence-corrected chi connectivity index (χ3v) is 5.21. The van der Waals surface area contributed by atoms with Crippen molar-refractivity contribution < 1.29 is 19.5 Å². The normalized spacial score (nSPS) is 10.3. The third-order valence-electron chi connectivity index (χ3n) is 4.14. The van der Waals surface area contributed by atoms with Crippen LogP contribution in [-0.2, 0) is 9.59 Å². The van der Waals surface area contributed by atoms with Crippen molar-refractivity contribution in [2.45, 2.75) is 45.4 Å². The monoisotopic (exact) mass is 453 g/mol. The number of carbonyl (C=O) groups is 3. The zero-order valence-electron chi connectivity index (χ0n) is 18.2. The number of hydrogen-bond acceptors (Lipinski definition) is 6. The summed E-state index contributed by atoms with van der Waals surface area (Å²) in [6.07, 6.45) is 5.15. The number of rotatable bonds is 16. The molecule has 31 heavy (non-hydrogen) atoms. The molecule has 1 aromatic carbocycles. The fraction of sp³-hybridized carbons (Fsp3) is 0.571. The van der Waals surface area contributed by atoms with Gasteiger partial charge in [-0.05, 0) is 42.9 Å². The van der Waals surface area contributed by atoms with Gasteiger partial charge in [0.2, 0.25) is 11.8 Å². The van der Waals surface area contributed by atoms with Crippen LogP contribution in [0.5, 0.6) is 0 Å². The lowest BCUT2D eigenvalue weighted by atomic mass is 10.2. The summed E-state index contributed by atoms with van der Waals surface area (Å²) in [5.41, 5.74) is 6.39. The number of thioether (sulfide) groups is 1. The van der Waals surface area contributed by atoms with Gasteiger partial charge in [0.1, 0.15) is 6.42 Å². The van der Waals surface area contributed by atoms with E-state index in [9.17, 15) is 14.4 Å². The summed E-state index contributed by atoms with van der Waals surface area (Å²) < 4.78 is 0. The van der Waals surface area contributed by atoms with E-state index in [0.717, 1.165) is 11.5 Å². The highest BCUT2D eigenvalue weighted by Gasteiger charge is 2.08. The standard InChI is InChI=1S/C21H35N5O4S/c1-2-3-4-5-14-31-15-12-23-21(30)24-17-7-9-18(10-8-17)25-26-20(29)16-19(28)22-11-6-13-27/h7-10,25,27H,2-6,11-16H2,1H3,(H,22,28)(H,26,29)(H2,23,24,30). The van der Waals surface area contributed by atoms with Gasteiger partial charge >= 0.3 is 6.03 Å². The van der Waals surface area contributed by atoms with E-state index in [2.05, 4.69) is 33.7 Å². The predicted octanol–water partition coefficient (Wildman–Crippen LogP) is 2.45. The zero-order chi connectivity index (χ0) is 22.7. The topological polar surface area (TPSA) is 132 Å². The minimum atomic E-state index is -0.480. The van der Waals surface area contributed by atoms with Crippen LogP contribution >= 0.6 is 11.8 Å². The molecule has 0 aliphatic carbocycles. The van der Waals surface area contributed by atoms with Crippen molar-refractivity contribution in [3.63, 3.8) is 0 Å². The van der Waals surface area contributed by atoms with Crippen molar-refractivity contribution in [2.24, 2.45) is 0 Å². The quantitative estimate of drug-likeness (QED) is 0.129. The van der Waals surface area contributed by atoms with E-state index in [4.69, 9.17) is 5.11 Å². The first-order valence-electron chi connectivity index (χ1n) is 10.7. The van der Waals surface area contributed by atoms with Crippen molar-refractivity contribution in [2.75, 3.05) is 41.9 Å². The van der Waals surface area contributed by atoms with Crippen LogP contribution in [0.1, 0.15) is 45.4 Å². The Morgan fingerprint density at radius 3 is 2.32 bits per heavy atom. The van der Waals surface area contributed by atoms with Crippen LogP contribution in [0, 0.1) is 0 Å². The van der Waals surface area contributed by atoms with Crippen LogP contribution in [0.4, 0.5) is 16.2 Å². The molecule has 0 spiro atoms. The number of hydrogen-bond donors (Lipinski definition) is 6. The number of carbonyl (C=O) groups excluding carboxylic acids is 3. The number of hydrazine groups is 1. The van der Waals surface area contributed by atoms with E-state index in [0.29, 0.717) is 30.9 Å². The minimum Gasteiger partial charge on any atom is -0.396 e. The van der Waals surface area contributed by atoms with Crippen LogP contribution in [0.25, 0.3) is 0 Å². The van der Waals surface area contributed by atoms with E-state index >= 15 is 0 Å². The summed E-state index contributed by atoms with van der Waals surface area (Å²) in [5, 5.41) is 16.8. The Hall–Kier alpha value is -2.46. The Morgan fingerprint density at radius 2 is 1.61 bits per heavy atom. The van der Waals surface area contributed by atoms with Gasteiger partial charge in [-0.3, -0.25) is 20.4 Å². The summed E-state index contributed by atoms with van der Waals surface area (Å²) in [6, 6.07) is 6.55. The molecule has 0 heterocycles. The second kappa shape index (κ2) is 17.2. The van der Waals surface area contributed by atoms with Crippen LogP contribution in [0.3, 0.4) is 0 Å². The number of urea groups is 1. The average molecular weight is 454 g/mol. The van der Waals surface area contributed by atoms with Crippen molar-refractivity contribution in [3.8, 4) is 0 Å². The molecule has 0 fully saturated rings. The number of aliphatic hydroxyl groups is 1. The Labute approximate surface area is 188 Å². The fourth-order valence-electron chi connectivity index (χ4n) is 2.48. The first-order valence-corrected chi connectivity index (χ1v) is 11.9. The molecule has 0 bridgehead atoms. The highest BCUT2D eigenvalue weighted by atomic mass is 32.2. The van der Waals surface area contributed by atoms with Crippen LogP contribution in [-0.4, -0.2) is 54.2 Å². The Morgan fingerprint density at radius 1 is 0.871 bits per heavy atom. The average Bonchev–Trinajstić information content (AvgIpc) is 2.75. The second-order valence-electron chi connectivity index (χ2n) is 6.91. The van der Waals surface area contributed by atoms with E-state index in [1.54, 1.807) is 24.3 Å². The molecule has 0 unspecified atom stereocenters. The molecule has 4 amide bonds. The molecule has 0 atom stereocenters. The van der Waals surface area contributed by atoms with Gasteiger partial charge in [0.25, 0.3) is 0 Å². The summed E-state index contributed by atoms with van der Waals surface area (Å²) >= 11 is 1.85. The summed E-state index contributed by atoms with van der Waals surface area (Å²) in [4.78, 5) is 35.2. The highest BCUT2D eigenvalue weighted by Crippen LogP contribution is 2.12. The number of anilines is 2. The van der Waals surface area contributed by atoms with E-state index in [1.165, 1.54) is 25.7 Å². The molecule has 10 heteroatoms. The van der Waals surface area contributed by atoms with Crippen molar-refractivity contribution in [1.29, 1.82) is 0 Å². The summed E-state index contributed by atoms with van der Waals surface area (Å²) in [6.45, 7) is 3.13. The smallest absolute Gasteiger partial charge is 0.319 e. The van der Waals surface area contributed by atoms with Gasteiger partial charge < -0.3 is 21.1 Å². The van der Waals surface area contributed by atoms with Gasteiger partial charge in [-0.2, -0.15) is 11.8 Å². The van der Waals surface area contributed by atoms with E-state index < -0.39 is 11.8 Å². The molecule has 0 saturated heterocycles. The van der Waals surface area contributed by atoms with Crippen LogP contribution < -0.4 is 26.8 Å². The summed E-state index contributed by atoms with van der Waals surface area (Å²) in [5.74, 6) is 1.13. The van der Waals surface area contributed by atoms with E-state index in [-0.39, 0.29) is 19.1 Å². The Kier molecular flexibility index (Phi) is 14.8. The van der Waals surface area contributed by atoms with Crippen molar-refractivity contribution >= 4 is 41.0 Å². The Balaban J connectivity index is 2.18. The molecule has 174 valence electrons. The van der Waals surface area contributed by atoms with Gasteiger partial charge in [0.05, 0.1) is 5.69 Å². The SMILES string of the molecule is CCCCCCSCCNC(=O)Nc1ccc(NNC(=O)CC(=O)NCCCO)cc1. The van der Waals surface area contributed by atoms with Gasteiger partial charge in [0.15, 0.2) is 0 Å². The molecule has 6 N–H and O–H groups in total. The molecule has 0 radical (unpaired) electrons. The first kappa shape index (κ1) is 26.6. The Bertz CT molecular complexity index is 658. The van der Waals surface area contributed by atoms with Gasteiger partial charge in [0, 0.05) is 31.1 Å². The second-order valence-corrected chi connectivity index (χ2v) is 8.13. The number of aliphatic hydroxyl groups excluding tert-OH is 1. The van der Waals surface area contributed by atoms with Crippen LogP contribution in [0.2, 0.25) is 0 Å².